The third-order valence-corrected chi connectivity index (χ3v) is 4.33. The van der Waals surface area contributed by atoms with Crippen molar-refractivity contribution in [3.63, 3.8) is 0 Å². The molecule has 2 amide bonds. The van der Waals surface area contributed by atoms with Crippen LogP contribution in [-0.2, 0) is 4.79 Å². The van der Waals surface area contributed by atoms with Crippen LogP contribution < -0.4 is 0 Å². The van der Waals surface area contributed by atoms with Gasteiger partial charge in [0.05, 0.1) is 6.20 Å². The van der Waals surface area contributed by atoms with Crippen molar-refractivity contribution in [2.75, 3.05) is 26.2 Å². The van der Waals surface area contributed by atoms with Crippen LogP contribution >= 0.6 is 0 Å². The molecule has 2 fully saturated rings. The first-order chi connectivity index (χ1) is 10.2. The minimum atomic E-state index is -0.0428. The second-order valence-corrected chi connectivity index (χ2v) is 5.77. The fourth-order valence-electron chi connectivity index (χ4n) is 3.10. The van der Waals surface area contributed by atoms with Gasteiger partial charge in [-0.1, -0.05) is 0 Å². The SMILES string of the molecule is O=C1CCCN1CC1CCN(C(=O)c2cnccn2)CC1. The molecule has 21 heavy (non-hydrogen) atoms. The van der Waals surface area contributed by atoms with Crippen molar-refractivity contribution in [2.45, 2.75) is 25.7 Å². The molecule has 0 spiro atoms. The number of aromatic nitrogens is 2. The van der Waals surface area contributed by atoms with Crippen LogP contribution in [0.25, 0.3) is 0 Å². The van der Waals surface area contributed by atoms with E-state index in [1.165, 1.54) is 6.20 Å². The Morgan fingerprint density at radius 1 is 1.24 bits per heavy atom. The van der Waals surface area contributed by atoms with Crippen LogP contribution in [0.2, 0.25) is 0 Å². The third kappa shape index (κ3) is 3.20. The highest BCUT2D eigenvalue weighted by molar-refractivity contribution is 5.92. The summed E-state index contributed by atoms with van der Waals surface area (Å²) >= 11 is 0. The number of carbonyl (C=O) groups is 2. The Morgan fingerprint density at radius 3 is 2.67 bits per heavy atom. The van der Waals surface area contributed by atoms with Crippen LogP contribution in [0.3, 0.4) is 0 Å². The van der Waals surface area contributed by atoms with Gasteiger partial charge in [0.25, 0.3) is 5.91 Å². The monoisotopic (exact) mass is 288 g/mol. The van der Waals surface area contributed by atoms with E-state index in [0.717, 1.165) is 45.4 Å². The molecule has 6 heteroatoms. The summed E-state index contributed by atoms with van der Waals surface area (Å²) in [4.78, 5) is 35.7. The number of carbonyl (C=O) groups excluding carboxylic acids is 2. The van der Waals surface area contributed by atoms with Crippen LogP contribution in [-0.4, -0.2) is 57.8 Å². The topological polar surface area (TPSA) is 66.4 Å². The molecule has 2 aliphatic rings. The van der Waals surface area contributed by atoms with E-state index in [1.807, 2.05) is 9.80 Å². The van der Waals surface area contributed by atoms with Crippen molar-refractivity contribution in [1.29, 1.82) is 0 Å². The van der Waals surface area contributed by atoms with E-state index in [4.69, 9.17) is 0 Å². The molecule has 6 nitrogen and oxygen atoms in total. The summed E-state index contributed by atoms with van der Waals surface area (Å²) in [5, 5.41) is 0. The van der Waals surface area contributed by atoms with Crippen LogP contribution in [0.15, 0.2) is 18.6 Å². The van der Waals surface area contributed by atoms with Crippen LogP contribution in [0.1, 0.15) is 36.2 Å². The number of amides is 2. The predicted octanol–water partition coefficient (Wildman–Crippen LogP) is 0.951. The highest BCUT2D eigenvalue weighted by atomic mass is 16.2. The Hall–Kier alpha value is -1.98. The first kappa shape index (κ1) is 14.0. The Kier molecular flexibility index (Phi) is 4.13. The van der Waals surface area contributed by atoms with E-state index in [1.54, 1.807) is 12.4 Å². The summed E-state index contributed by atoms with van der Waals surface area (Å²) < 4.78 is 0. The van der Waals surface area contributed by atoms with Gasteiger partial charge in [-0.3, -0.25) is 14.6 Å². The zero-order chi connectivity index (χ0) is 14.7. The van der Waals surface area contributed by atoms with Crippen molar-refractivity contribution in [2.24, 2.45) is 5.92 Å². The number of hydrogen-bond acceptors (Lipinski definition) is 4. The molecule has 0 atom stereocenters. The minimum absolute atomic E-state index is 0.0428. The molecule has 0 bridgehead atoms. The standard InChI is InChI=1S/C15H20N4O2/c20-14-2-1-7-19(14)11-12-3-8-18(9-4-12)15(21)13-10-16-5-6-17-13/h5-6,10,12H,1-4,7-9,11H2. The van der Waals surface area contributed by atoms with Gasteiger partial charge in [0.1, 0.15) is 5.69 Å². The van der Waals surface area contributed by atoms with Gasteiger partial charge >= 0.3 is 0 Å². The molecule has 1 aromatic heterocycles. The number of likely N-dealkylation sites (tertiary alicyclic amines) is 2. The smallest absolute Gasteiger partial charge is 0.274 e. The van der Waals surface area contributed by atoms with Crippen LogP contribution in [0.5, 0.6) is 0 Å². The quantitative estimate of drug-likeness (QED) is 0.830. The average Bonchev–Trinajstić information content (AvgIpc) is 2.93. The number of rotatable bonds is 3. The predicted molar refractivity (Wildman–Crippen MR) is 76.5 cm³/mol. The van der Waals surface area contributed by atoms with Gasteiger partial charge in [-0.25, -0.2) is 4.98 Å². The summed E-state index contributed by atoms with van der Waals surface area (Å²) in [6.45, 7) is 3.23. The van der Waals surface area contributed by atoms with Gasteiger partial charge in [-0.05, 0) is 25.2 Å². The van der Waals surface area contributed by atoms with Gasteiger partial charge in [0.2, 0.25) is 5.91 Å². The van der Waals surface area contributed by atoms with E-state index >= 15 is 0 Å². The van der Waals surface area contributed by atoms with E-state index in [0.29, 0.717) is 18.0 Å². The average molecular weight is 288 g/mol. The highest BCUT2D eigenvalue weighted by Crippen LogP contribution is 2.22. The normalized spacial score (nSPS) is 20.1. The molecule has 0 saturated carbocycles. The zero-order valence-corrected chi connectivity index (χ0v) is 12.1. The minimum Gasteiger partial charge on any atom is -0.342 e. The molecule has 0 radical (unpaired) electrons. The maximum absolute atomic E-state index is 12.3. The third-order valence-electron chi connectivity index (χ3n) is 4.33. The van der Waals surface area contributed by atoms with Gasteiger partial charge in [0.15, 0.2) is 0 Å². The first-order valence-corrected chi connectivity index (χ1v) is 7.57. The Balaban J connectivity index is 1.51. The molecule has 0 aromatic carbocycles. The Morgan fingerprint density at radius 2 is 2.05 bits per heavy atom. The number of nitrogens with zero attached hydrogens (tertiary/aromatic N) is 4. The maximum Gasteiger partial charge on any atom is 0.274 e. The Labute approximate surface area is 124 Å². The van der Waals surface area contributed by atoms with E-state index in [2.05, 4.69) is 9.97 Å². The van der Waals surface area contributed by atoms with Crippen molar-refractivity contribution >= 4 is 11.8 Å². The molecular formula is C15H20N4O2. The molecule has 0 unspecified atom stereocenters. The summed E-state index contributed by atoms with van der Waals surface area (Å²) in [5.41, 5.74) is 0.408. The largest absolute Gasteiger partial charge is 0.342 e. The zero-order valence-electron chi connectivity index (χ0n) is 12.1. The summed E-state index contributed by atoms with van der Waals surface area (Å²) in [7, 11) is 0. The molecule has 3 rings (SSSR count). The van der Waals surface area contributed by atoms with Crippen LogP contribution in [0, 0.1) is 5.92 Å². The fourth-order valence-corrected chi connectivity index (χ4v) is 3.10. The Bertz CT molecular complexity index is 512. The number of piperidine rings is 1. The molecule has 1 aromatic rings. The summed E-state index contributed by atoms with van der Waals surface area (Å²) in [6, 6.07) is 0. The van der Waals surface area contributed by atoms with Gasteiger partial charge in [0, 0.05) is 45.0 Å². The number of hydrogen-bond donors (Lipinski definition) is 0. The maximum atomic E-state index is 12.3. The molecular weight excluding hydrogens is 268 g/mol. The second kappa shape index (κ2) is 6.20. The van der Waals surface area contributed by atoms with Gasteiger partial charge < -0.3 is 9.80 Å². The van der Waals surface area contributed by atoms with Gasteiger partial charge in [-0.2, -0.15) is 0 Å². The molecule has 2 saturated heterocycles. The molecule has 0 aliphatic carbocycles. The van der Waals surface area contributed by atoms with Crippen molar-refractivity contribution in [1.82, 2.24) is 19.8 Å². The lowest BCUT2D eigenvalue weighted by Gasteiger charge is -2.33. The lowest BCUT2D eigenvalue weighted by atomic mass is 9.96. The molecule has 3 heterocycles. The van der Waals surface area contributed by atoms with Crippen LogP contribution in [0.4, 0.5) is 0 Å². The van der Waals surface area contributed by atoms with Crippen molar-refractivity contribution in [3.05, 3.63) is 24.3 Å². The molecule has 2 aliphatic heterocycles. The van der Waals surface area contributed by atoms with E-state index in [-0.39, 0.29) is 11.8 Å². The van der Waals surface area contributed by atoms with Crippen molar-refractivity contribution in [3.8, 4) is 0 Å². The van der Waals surface area contributed by atoms with Gasteiger partial charge in [-0.15, -0.1) is 0 Å². The second-order valence-electron chi connectivity index (χ2n) is 5.77. The fraction of sp³-hybridized carbons (Fsp3) is 0.600. The van der Waals surface area contributed by atoms with E-state index in [9.17, 15) is 9.59 Å². The summed E-state index contributed by atoms with van der Waals surface area (Å²) in [5.74, 6) is 0.754. The highest BCUT2D eigenvalue weighted by Gasteiger charge is 2.28. The van der Waals surface area contributed by atoms with Crippen molar-refractivity contribution < 1.29 is 9.59 Å². The lowest BCUT2D eigenvalue weighted by Crippen LogP contribution is -2.42. The molecule has 0 N–H and O–H groups in total. The summed E-state index contributed by atoms with van der Waals surface area (Å²) in [6.07, 6.45) is 8.21. The molecule has 112 valence electrons. The van der Waals surface area contributed by atoms with E-state index < -0.39 is 0 Å². The lowest BCUT2D eigenvalue weighted by molar-refractivity contribution is -0.128. The first-order valence-electron chi connectivity index (χ1n) is 7.57.